The van der Waals surface area contributed by atoms with E-state index in [9.17, 15) is 4.39 Å². The molecule has 0 atom stereocenters. The third-order valence-corrected chi connectivity index (χ3v) is 7.22. The first-order valence-electron chi connectivity index (χ1n) is 11.9. The summed E-state index contributed by atoms with van der Waals surface area (Å²) in [5, 5.41) is 0. The van der Waals surface area contributed by atoms with Gasteiger partial charge in [-0.2, -0.15) is 0 Å². The monoisotopic (exact) mass is 408 g/mol. The standard InChI is InChI=1S/C25H33FN4/c26-20-13-11-19(12-14-20)24-27-23-10-6-2-5-9-22(23)25(28-24)30-17-15-29(16-18-30)21-7-3-1-4-8-21/h11-14,21H,1-10,15-18H2. The summed E-state index contributed by atoms with van der Waals surface area (Å²) < 4.78 is 13.4. The number of halogens is 1. The topological polar surface area (TPSA) is 32.3 Å². The lowest BCUT2D eigenvalue weighted by atomic mass is 9.94. The van der Waals surface area contributed by atoms with E-state index < -0.39 is 0 Å². The van der Waals surface area contributed by atoms with E-state index in [0.717, 1.165) is 62.3 Å². The van der Waals surface area contributed by atoms with Crippen LogP contribution in [-0.2, 0) is 12.8 Å². The molecule has 0 unspecified atom stereocenters. The molecule has 0 amide bonds. The van der Waals surface area contributed by atoms with Crippen LogP contribution in [0.5, 0.6) is 0 Å². The van der Waals surface area contributed by atoms with Crippen LogP contribution < -0.4 is 4.90 Å². The number of anilines is 1. The van der Waals surface area contributed by atoms with E-state index >= 15 is 0 Å². The second kappa shape index (κ2) is 9.01. The summed E-state index contributed by atoms with van der Waals surface area (Å²) in [6.45, 7) is 4.36. The van der Waals surface area contributed by atoms with Crippen molar-refractivity contribution in [3.05, 3.63) is 41.3 Å². The minimum atomic E-state index is -0.215. The second-order valence-corrected chi connectivity index (χ2v) is 9.18. The first kappa shape index (κ1) is 19.9. The summed E-state index contributed by atoms with van der Waals surface area (Å²) in [6, 6.07) is 7.41. The molecule has 1 aromatic carbocycles. The zero-order valence-electron chi connectivity index (χ0n) is 18.0. The molecule has 5 rings (SSSR count). The smallest absolute Gasteiger partial charge is 0.161 e. The highest BCUT2D eigenvalue weighted by atomic mass is 19.1. The predicted octanol–water partition coefficient (Wildman–Crippen LogP) is 5.01. The third-order valence-electron chi connectivity index (χ3n) is 7.22. The zero-order valence-corrected chi connectivity index (χ0v) is 18.0. The lowest BCUT2D eigenvalue weighted by molar-refractivity contribution is 0.147. The van der Waals surface area contributed by atoms with Gasteiger partial charge >= 0.3 is 0 Å². The van der Waals surface area contributed by atoms with Gasteiger partial charge in [0.25, 0.3) is 0 Å². The molecule has 30 heavy (non-hydrogen) atoms. The van der Waals surface area contributed by atoms with Crippen LogP contribution in [0.2, 0.25) is 0 Å². The van der Waals surface area contributed by atoms with Crippen molar-refractivity contribution in [2.24, 2.45) is 0 Å². The fraction of sp³-hybridized carbons (Fsp3) is 0.600. The van der Waals surface area contributed by atoms with Gasteiger partial charge in [0.1, 0.15) is 11.6 Å². The highest BCUT2D eigenvalue weighted by molar-refractivity contribution is 5.61. The van der Waals surface area contributed by atoms with Gasteiger partial charge in [-0.1, -0.05) is 25.7 Å². The fourth-order valence-electron chi connectivity index (χ4n) is 5.49. The predicted molar refractivity (Wildman–Crippen MR) is 119 cm³/mol. The molecule has 0 spiro atoms. The summed E-state index contributed by atoms with van der Waals surface area (Å²) in [7, 11) is 0. The van der Waals surface area contributed by atoms with Crippen molar-refractivity contribution in [2.45, 2.75) is 70.3 Å². The van der Waals surface area contributed by atoms with E-state index in [-0.39, 0.29) is 5.82 Å². The van der Waals surface area contributed by atoms with Gasteiger partial charge in [0.2, 0.25) is 0 Å². The maximum atomic E-state index is 13.4. The molecule has 1 aliphatic heterocycles. The largest absolute Gasteiger partial charge is 0.354 e. The van der Waals surface area contributed by atoms with Crippen LogP contribution in [0.25, 0.3) is 11.4 Å². The van der Waals surface area contributed by atoms with Gasteiger partial charge in [-0.15, -0.1) is 0 Å². The van der Waals surface area contributed by atoms with E-state index in [1.54, 1.807) is 12.1 Å². The first-order chi connectivity index (χ1) is 14.8. The molecule has 0 N–H and O–H groups in total. The van der Waals surface area contributed by atoms with Crippen molar-refractivity contribution in [2.75, 3.05) is 31.1 Å². The van der Waals surface area contributed by atoms with Gasteiger partial charge in [0.15, 0.2) is 5.82 Å². The lowest BCUT2D eigenvalue weighted by Crippen LogP contribution is -2.51. The quantitative estimate of drug-likeness (QED) is 0.669. The Morgan fingerprint density at radius 1 is 0.767 bits per heavy atom. The van der Waals surface area contributed by atoms with E-state index in [4.69, 9.17) is 9.97 Å². The Kier molecular flexibility index (Phi) is 5.98. The molecule has 3 aliphatic rings. The molecule has 1 saturated heterocycles. The number of benzene rings is 1. The maximum absolute atomic E-state index is 13.4. The van der Waals surface area contributed by atoms with Crippen molar-refractivity contribution in [1.29, 1.82) is 0 Å². The van der Waals surface area contributed by atoms with E-state index in [0.29, 0.717) is 0 Å². The van der Waals surface area contributed by atoms with Gasteiger partial charge in [0, 0.05) is 49.0 Å². The van der Waals surface area contributed by atoms with Crippen LogP contribution in [0.4, 0.5) is 10.2 Å². The Bertz CT molecular complexity index is 852. The van der Waals surface area contributed by atoms with Crippen molar-refractivity contribution >= 4 is 5.82 Å². The maximum Gasteiger partial charge on any atom is 0.161 e. The lowest BCUT2D eigenvalue weighted by Gasteiger charge is -2.41. The number of aromatic nitrogens is 2. The second-order valence-electron chi connectivity index (χ2n) is 9.18. The minimum Gasteiger partial charge on any atom is -0.354 e. The third kappa shape index (κ3) is 4.22. The van der Waals surface area contributed by atoms with Crippen molar-refractivity contribution in [1.82, 2.24) is 14.9 Å². The first-order valence-corrected chi connectivity index (χ1v) is 11.9. The van der Waals surface area contributed by atoms with Crippen molar-refractivity contribution in [3.63, 3.8) is 0 Å². The van der Waals surface area contributed by atoms with Crippen molar-refractivity contribution < 1.29 is 4.39 Å². The molecular weight excluding hydrogens is 375 g/mol. The number of rotatable bonds is 3. The molecule has 2 aliphatic carbocycles. The van der Waals surface area contributed by atoms with Gasteiger partial charge in [0.05, 0.1) is 0 Å². The van der Waals surface area contributed by atoms with Gasteiger partial charge in [-0.05, 0) is 62.8 Å². The van der Waals surface area contributed by atoms with E-state index in [1.807, 2.05) is 0 Å². The summed E-state index contributed by atoms with van der Waals surface area (Å²) in [5.41, 5.74) is 3.49. The number of hydrogen-bond acceptors (Lipinski definition) is 4. The van der Waals surface area contributed by atoms with Gasteiger partial charge < -0.3 is 4.90 Å². The number of fused-ring (bicyclic) bond motifs is 1. The molecule has 0 radical (unpaired) electrons. The normalized spacial score (nSPS) is 21.3. The van der Waals surface area contributed by atoms with Crippen LogP contribution in [0.1, 0.15) is 62.6 Å². The average Bonchev–Trinajstić information content (AvgIpc) is 3.05. The molecule has 2 fully saturated rings. The average molecular weight is 409 g/mol. The number of hydrogen-bond donors (Lipinski definition) is 0. The van der Waals surface area contributed by atoms with Gasteiger partial charge in [-0.25, -0.2) is 14.4 Å². The summed E-state index contributed by atoms with van der Waals surface area (Å²) in [6.07, 6.45) is 12.7. The SMILES string of the molecule is Fc1ccc(-c2nc3c(c(N4CCN(C5CCCCC5)CC4)n2)CCCCC3)cc1. The number of aryl methyl sites for hydroxylation is 1. The number of nitrogens with zero attached hydrogens (tertiary/aromatic N) is 4. The Balaban J connectivity index is 1.42. The van der Waals surface area contributed by atoms with E-state index in [1.165, 1.54) is 74.8 Å². The molecule has 5 heteroatoms. The Morgan fingerprint density at radius 2 is 1.47 bits per heavy atom. The molecular formula is C25H33FN4. The van der Waals surface area contributed by atoms with Crippen molar-refractivity contribution in [3.8, 4) is 11.4 Å². The summed E-state index contributed by atoms with van der Waals surface area (Å²) in [5.74, 6) is 1.68. The minimum absolute atomic E-state index is 0.215. The molecule has 160 valence electrons. The molecule has 2 heterocycles. The molecule has 2 aromatic rings. The van der Waals surface area contributed by atoms with Crippen LogP contribution >= 0.6 is 0 Å². The van der Waals surface area contributed by atoms with Crippen LogP contribution in [0, 0.1) is 5.82 Å². The van der Waals surface area contributed by atoms with Gasteiger partial charge in [-0.3, -0.25) is 4.90 Å². The Labute approximate surface area is 179 Å². The molecule has 0 bridgehead atoms. The number of piperazine rings is 1. The van der Waals surface area contributed by atoms with E-state index in [2.05, 4.69) is 9.80 Å². The molecule has 4 nitrogen and oxygen atoms in total. The van der Waals surface area contributed by atoms with Crippen LogP contribution in [0.15, 0.2) is 24.3 Å². The van der Waals surface area contributed by atoms with Crippen LogP contribution in [-0.4, -0.2) is 47.1 Å². The zero-order chi connectivity index (χ0) is 20.3. The Hall–Kier alpha value is -2.01. The molecule has 1 aromatic heterocycles. The fourth-order valence-corrected chi connectivity index (χ4v) is 5.49. The highest BCUT2D eigenvalue weighted by Crippen LogP contribution is 2.32. The summed E-state index contributed by atoms with van der Waals surface area (Å²) >= 11 is 0. The summed E-state index contributed by atoms with van der Waals surface area (Å²) in [4.78, 5) is 15.2. The Morgan fingerprint density at radius 3 is 2.23 bits per heavy atom. The highest BCUT2D eigenvalue weighted by Gasteiger charge is 2.28. The van der Waals surface area contributed by atoms with Crippen LogP contribution in [0.3, 0.4) is 0 Å². The molecule has 1 saturated carbocycles.